The average molecular weight is 244 g/mol. The van der Waals surface area contributed by atoms with Gasteiger partial charge < -0.3 is 14.7 Å². The zero-order chi connectivity index (χ0) is 12.8. The molecule has 1 heterocycles. The highest BCUT2D eigenvalue weighted by molar-refractivity contribution is 5.63. The van der Waals surface area contributed by atoms with E-state index in [-0.39, 0.29) is 6.10 Å². The molecule has 3 rings (SSSR count). The lowest BCUT2D eigenvalue weighted by molar-refractivity contribution is -0.0491. The average Bonchev–Trinajstić information content (AvgIpc) is 2.31. The van der Waals surface area contributed by atoms with Crippen LogP contribution in [-0.4, -0.2) is 31.4 Å². The normalized spacial score (nSPS) is 21.1. The lowest BCUT2D eigenvalue weighted by Crippen LogP contribution is -2.64. The van der Waals surface area contributed by atoms with Gasteiger partial charge in [-0.15, -0.1) is 0 Å². The molecule has 1 saturated carbocycles. The van der Waals surface area contributed by atoms with Crippen LogP contribution in [0.5, 0.6) is 5.75 Å². The van der Waals surface area contributed by atoms with Gasteiger partial charge in [0.1, 0.15) is 11.8 Å². The van der Waals surface area contributed by atoms with E-state index in [1.807, 2.05) is 12.1 Å². The van der Waals surface area contributed by atoms with Crippen LogP contribution in [0.25, 0.3) is 0 Å². The Kier molecular flexibility index (Phi) is 2.46. The Morgan fingerprint density at radius 3 is 2.72 bits per heavy atom. The number of aliphatic hydroxyl groups is 1. The van der Waals surface area contributed by atoms with Gasteiger partial charge in [-0.2, -0.15) is 5.26 Å². The summed E-state index contributed by atoms with van der Waals surface area (Å²) in [6.45, 7) is 1.90. The van der Waals surface area contributed by atoms with Crippen molar-refractivity contribution in [3.8, 4) is 11.8 Å². The van der Waals surface area contributed by atoms with Crippen LogP contribution in [-0.2, 0) is 0 Å². The first-order chi connectivity index (χ1) is 8.65. The largest absolute Gasteiger partial charge is 0.497 e. The van der Waals surface area contributed by atoms with Crippen molar-refractivity contribution in [2.24, 2.45) is 5.41 Å². The van der Waals surface area contributed by atoms with Gasteiger partial charge in [-0.05, 0) is 31.0 Å². The van der Waals surface area contributed by atoms with Crippen LogP contribution in [0.3, 0.4) is 0 Å². The van der Waals surface area contributed by atoms with Crippen molar-refractivity contribution in [1.29, 1.82) is 5.26 Å². The summed E-state index contributed by atoms with van der Waals surface area (Å²) in [5.74, 6) is 0.713. The van der Waals surface area contributed by atoms with E-state index in [0.29, 0.717) is 16.7 Å². The van der Waals surface area contributed by atoms with Crippen LogP contribution in [0.1, 0.15) is 18.4 Å². The first-order valence-electron chi connectivity index (χ1n) is 6.17. The molecule has 94 valence electrons. The molecule has 4 heteroatoms. The van der Waals surface area contributed by atoms with Crippen LogP contribution in [0, 0.1) is 16.7 Å². The number of methoxy groups -OCH3 is 1. The maximum atomic E-state index is 9.39. The number of nitriles is 1. The Morgan fingerprint density at radius 1 is 1.44 bits per heavy atom. The monoisotopic (exact) mass is 244 g/mol. The molecule has 1 saturated heterocycles. The Hall–Kier alpha value is -1.73. The maximum Gasteiger partial charge on any atom is 0.120 e. The van der Waals surface area contributed by atoms with E-state index >= 15 is 0 Å². The summed E-state index contributed by atoms with van der Waals surface area (Å²) in [7, 11) is 1.60. The van der Waals surface area contributed by atoms with Crippen LogP contribution >= 0.6 is 0 Å². The van der Waals surface area contributed by atoms with E-state index in [4.69, 9.17) is 4.74 Å². The number of ether oxygens (including phenoxy) is 1. The van der Waals surface area contributed by atoms with Crippen molar-refractivity contribution < 1.29 is 9.84 Å². The quantitative estimate of drug-likeness (QED) is 0.857. The minimum Gasteiger partial charge on any atom is -0.497 e. The van der Waals surface area contributed by atoms with Crippen LogP contribution in [0.2, 0.25) is 0 Å². The Morgan fingerprint density at radius 2 is 2.17 bits per heavy atom. The molecule has 1 aliphatic carbocycles. The molecule has 0 bridgehead atoms. The highest BCUT2D eigenvalue weighted by Gasteiger charge is 2.52. The van der Waals surface area contributed by atoms with Crippen molar-refractivity contribution in [2.75, 3.05) is 25.1 Å². The van der Waals surface area contributed by atoms with Crippen LogP contribution < -0.4 is 9.64 Å². The van der Waals surface area contributed by atoms with Crippen LogP contribution in [0.15, 0.2) is 18.2 Å². The number of anilines is 1. The number of benzene rings is 1. The fourth-order valence-corrected chi connectivity index (χ4v) is 3.14. The van der Waals surface area contributed by atoms with E-state index in [1.54, 1.807) is 13.2 Å². The van der Waals surface area contributed by atoms with E-state index in [1.165, 1.54) is 0 Å². The van der Waals surface area contributed by atoms with Gasteiger partial charge in [-0.25, -0.2) is 0 Å². The molecule has 0 aromatic heterocycles. The van der Waals surface area contributed by atoms with Gasteiger partial charge in [0.15, 0.2) is 0 Å². The molecule has 0 radical (unpaired) electrons. The molecule has 0 unspecified atom stereocenters. The van der Waals surface area contributed by atoms with Gasteiger partial charge in [0, 0.05) is 18.5 Å². The van der Waals surface area contributed by atoms with Crippen LogP contribution in [0.4, 0.5) is 5.69 Å². The molecule has 0 amide bonds. The fourth-order valence-electron chi connectivity index (χ4n) is 3.14. The fraction of sp³-hybridized carbons (Fsp3) is 0.500. The third-order valence-electron chi connectivity index (χ3n) is 4.05. The minimum absolute atomic E-state index is 0.113. The summed E-state index contributed by atoms with van der Waals surface area (Å²) < 4.78 is 5.13. The topological polar surface area (TPSA) is 56.5 Å². The maximum absolute atomic E-state index is 9.39. The summed E-state index contributed by atoms with van der Waals surface area (Å²) in [6, 6.07) is 7.82. The van der Waals surface area contributed by atoms with Gasteiger partial charge in [0.2, 0.25) is 0 Å². The second kappa shape index (κ2) is 3.89. The second-order valence-electron chi connectivity index (χ2n) is 5.41. The standard InChI is InChI=1S/C14H16N2O2/c1-18-12-2-3-13(10(4-12)7-15)16-8-14(9-16)5-11(17)6-14/h2-4,11,17H,5-6,8-9H2,1H3. The molecule has 1 spiro atoms. The zero-order valence-electron chi connectivity index (χ0n) is 10.4. The summed E-state index contributed by atoms with van der Waals surface area (Å²) in [4.78, 5) is 2.21. The molecule has 1 aromatic carbocycles. The summed E-state index contributed by atoms with van der Waals surface area (Å²) in [6.07, 6.45) is 1.70. The van der Waals surface area contributed by atoms with Gasteiger partial charge in [0.05, 0.1) is 24.5 Å². The van der Waals surface area contributed by atoms with Crippen molar-refractivity contribution in [3.05, 3.63) is 23.8 Å². The Bertz CT molecular complexity index is 507. The van der Waals surface area contributed by atoms with E-state index in [9.17, 15) is 10.4 Å². The van der Waals surface area contributed by atoms with Crippen molar-refractivity contribution in [1.82, 2.24) is 0 Å². The zero-order valence-corrected chi connectivity index (χ0v) is 10.4. The number of hydrogen-bond donors (Lipinski definition) is 1. The number of rotatable bonds is 2. The predicted octanol–water partition coefficient (Wildman–Crippen LogP) is 1.53. The lowest BCUT2D eigenvalue weighted by Gasteiger charge is -2.58. The van der Waals surface area contributed by atoms with E-state index < -0.39 is 0 Å². The molecule has 1 aromatic rings. The van der Waals surface area contributed by atoms with Crippen molar-refractivity contribution in [3.63, 3.8) is 0 Å². The number of nitrogens with zero attached hydrogens (tertiary/aromatic N) is 2. The van der Waals surface area contributed by atoms with Gasteiger partial charge in [-0.1, -0.05) is 0 Å². The summed E-state index contributed by atoms with van der Waals surface area (Å²) in [5, 5.41) is 18.6. The van der Waals surface area contributed by atoms with E-state index in [2.05, 4.69) is 11.0 Å². The van der Waals surface area contributed by atoms with Crippen molar-refractivity contribution in [2.45, 2.75) is 18.9 Å². The second-order valence-corrected chi connectivity index (χ2v) is 5.41. The van der Waals surface area contributed by atoms with Gasteiger partial charge >= 0.3 is 0 Å². The lowest BCUT2D eigenvalue weighted by atomic mass is 9.61. The first kappa shape index (κ1) is 11.4. The number of aliphatic hydroxyl groups excluding tert-OH is 1. The highest BCUT2D eigenvalue weighted by atomic mass is 16.5. The molecule has 2 aliphatic rings. The summed E-state index contributed by atoms with van der Waals surface area (Å²) >= 11 is 0. The predicted molar refractivity (Wildman–Crippen MR) is 67.6 cm³/mol. The SMILES string of the molecule is COc1ccc(N2CC3(CC(O)C3)C2)c(C#N)c1. The Balaban J connectivity index is 1.76. The highest BCUT2D eigenvalue weighted by Crippen LogP contribution is 2.50. The third-order valence-corrected chi connectivity index (χ3v) is 4.05. The third kappa shape index (κ3) is 1.63. The molecule has 1 N–H and O–H groups in total. The molecular weight excluding hydrogens is 228 g/mol. The molecule has 4 nitrogen and oxygen atoms in total. The van der Waals surface area contributed by atoms with E-state index in [0.717, 1.165) is 31.6 Å². The first-order valence-corrected chi connectivity index (χ1v) is 6.17. The molecule has 0 atom stereocenters. The summed E-state index contributed by atoms with van der Waals surface area (Å²) in [5.41, 5.74) is 1.95. The molecule has 18 heavy (non-hydrogen) atoms. The smallest absolute Gasteiger partial charge is 0.120 e. The molecular formula is C14H16N2O2. The molecule has 1 aliphatic heterocycles. The van der Waals surface area contributed by atoms with Crippen molar-refractivity contribution >= 4 is 5.69 Å². The Labute approximate surface area is 106 Å². The van der Waals surface area contributed by atoms with Gasteiger partial charge in [-0.3, -0.25) is 0 Å². The minimum atomic E-state index is -0.113. The molecule has 2 fully saturated rings. The number of hydrogen-bond acceptors (Lipinski definition) is 4. The van der Waals surface area contributed by atoms with Gasteiger partial charge in [0.25, 0.3) is 0 Å².